The van der Waals surface area contributed by atoms with Crippen LogP contribution >= 0.6 is 0 Å². The Kier molecular flexibility index (Phi) is 16.7. The van der Waals surface area contributed by atoms with Crippen molar-refractivity contribution in [2.24, 2.45) is 0 Å². The second-order valence-electron chi connectivity index (χ2n) is 18.7. The minimum atomic E-state index is -0.760. The lowest BCUT2D eigenvalue weighted by Crippen LogP contribution is -2.56. The molecule has 6 fully saturated rings. The minimum Gasteiger partial charge on any atom is -0.389 e. The number of nitrogens with one attached hydrogen (secondary N) is 2. The molecule has 0 spiro atoms. The van der Waals surface area contributed by atoms with Crippen LogP contribution < -0.4 is 10.6 Å². The molecule has 0 aromatic carbocycles. The van der Waals surface area contributed by atoms with Gasteiger partial charge >= 0.3 is 0 Å². The van der Waals surface area contributed by atoms with Crippen molar-refractivity contribution >= 4 is 0 Å². The Morgan fingerprint density at radius 2 is 0.741 bits per heavy atom. The zero-order valence-electron chi connectivity index (χ0n) is 36.4. The molecule has 338 valence electrons. The third kappa shape index (κ3) is 13.4. The van der Waals surface area contributed by atoms with E-state index >= 15 is 0 Å². The van der Waals surface area contributed by atoms with Gasteiger partial charge in [0.25, 0.3) is 0 Å². The first-order valence-corrected chi connectivity index (χ1v) is 22.2. The Morgan fingerprint density at radius 1 is 0.431 bits per heavy atom. The van der Waals surface area contributed by atoms with E-state index in [2.05, 4.69) is 10.6 Å². The Morgan fingerprint density at radius 3 is 1.12 bits per heavy atom. The lowest BCUT2D eigenvalue weighted by atomic mass is 9.99. The van der Waals surface area contributed by atoms with Gasteiger partial charge in [-0.2, -0.15) is 0 Å². The highest BCUT2D eigenvalue weighted by molar-refractivity contribution is 5.01. The number of rotatable bonds is 25. The smallest absolute Gasteiger partial charge is 0.190 e. The van der Waals surface area contributed by atoms with Crippen molar-refractivity contribution in [1.29, 1.82) is 0 Å². The number of ether oxygens (including phenoxy) is 12. The number of unbranched alkanes of at least 4 members (excludes halogenated alkanes) is 9. The van der Waals surface area contributed by atoms with Crippen LogP contribution in [-0.2, 0) is 56.8 Å². The van der Waals surface area contributed by atoms with Gasteiger partial charge in [-0.05, 0) is 81.3 Å². The first kappa shape index (κ1) is 46.9. The van der Waals surface area contributed by atoms with E-state index in [0.29, 0.717) is 13.1 Å². The molecule has 16 heteroatoms. The third-order valence-electron chi connectivity index (χ3n) is 11.4. The summed E-state index contributed by atoms with van der Waals surface area (Å²) in [6.45, 7) is 18.7. The first-order chi connectivity index (χ1) is 27.5. The molecule has 0 aliphatic carbocycles. The summed E-state index contributed by atoms with van der Waals surface area (Å²) < 4.78 is 72.7. The third-order valence-corrected chi connectivity index (χ3v) is 11.4. The van der Waals surface area contributed by atoms with Crippen LogP contribution in [0.4, 0.5) is 0 Å². The van der Waals surface area contributed by atoms with Gasteiger partial charge in [-0.3, -0.25) is 0 Å². The molecular formula is C42H76N2O14. The molecule has 2 unspecified atom stereocenters. The standard InChI is InChI=1S/C42H76N2O14/c1-39(2)51-31-29(49-37-35(33(31)53-39)55-41(5,6)57-37)25-47-23-27(45)21-43-19-17-15-13-11-9-10-12-14-16-18-20-44-22-28(46)24-48-26-30-32-34(54-40(3,4)52-32)36-38(50-30)58-42(7,8)56-36/h27-38,43-46H,9-26H2,1-8H3/t27?,28?,29-,30-,31+,32+,33+,34+,35-,36-,37-,38-/m1/s1. The molecular weight excluding hydrogens is 756 g/mol. The lowest BCUT2D eigenvalue weighted by Gasteiger charge is -2.37. The molecule has 0 aromatic heterocycles. The van der Waals surface area contributed by atoms with Crippen molar-refractivity contribution in [3.8, 4) is 0 Å². The van der Waals surface area contributed by atoms with Gasteiger partial charge in [-0.15, -0.1) is 0 Å². The van der Waals surface area contributed by atoms with E-state index in [1.807, 2.05) is 55.4 Å². The number of hydrogen-bond acceptors (Lipinski definition) is 16. The zero-order valence-corrected chi connectivity index (χ0v) is 36.4. The number of hydrogen-bond donors (Lipinski definition) is 4. The maximum atomic E-state index is 10.5. The van der Waals surface area contributed by atoms with E-state index in [1.165, 1.54) is 51.4 Å². The van der Waals surface area contributed by atoms with Crippen LogP contribution in [0.1, 0.15) is 120 Å². The molecule has 12 atom stereocenters. The van der Waals surface area contributed by atoms with Crippen molar-refractivity contribution in [2.45, 2.75) is 216 Å². The summed E-state index contributed by atoms with van der Waals surface area (Å²) in [6, 6.07) is 0. The fourth-order valence-corrected chi connectivity index (χ4v) is 8.87. The van der Waals surface area contributed by atoms with Crippen LogP contribution in [-0.4, -0.2) is 160 Å². The average Bonchev–Trinajstić information content (AvgIpc) is 3.84. The minimum absolute atomic E-state index is 0.207. The summed E-state index contributed by atoms with van der Waals surface area (Å²) >= 11 is 0. The number of aliphatic hydroxyl groups excluding tert-OH is 2. The Labute approximate surface area is 346 Å². The summed E-state index contributed by atoms with van der Waals surface area (Å²) in [5.74, 6) is -3.02. The SMILES string of the molecule is CC1(C)O[C@H]2[C@@H](O1)[C@@H](COCC(O)CNCCCCCCCCCCCCNCC(O)COC[C@H]1O[C@@H]3OC(C)(C)O[C@@H]3[C@H]3OC(C)(C)O[C@H]31)O[C@@H]1OC(C)(C)O[C@@H]12. The van der Waals surface area contributed by atoms with Crippen LogP contribution in [0.25, 0.3) is 0 Å². The van der Waals surface area contributed by atoms with E-state index in [1.54, 1.807) is 0 Å². The fraction of sp³-hybridized carbons (Fsp3) is 1.00. The molecule has 58 heavy (non-hydrogen) atoms. The highest BCUT2D eigenvalue weighted by atomic mass is 16.9. The molecule has 0 radical (unpaired) electrons. The monoisotopic (exact) mass is 833 g/mol. The fourth-order valence-electron chi connectivity index (χ4n) is 8.87. The predicted molar refractivity (Wildman–Crippen MR) is 211 cm³/mol. The molecule has 6 heterocycles. The van der Waals surface area contributed by atoms with Gasteiger partial charge in [0.2, 0.25) is 0 Å². The highest BCUT2D eigenvalue weighted by Crippen LogP contribution is 2.45. The maximum Gasteiger partial charge on any atom is 0.190 e. The summed E-state index contributed by atoms with van der Waals surface area (Å²) in [5, 5.41) is 27.6. The molecule has 16 nitrogen and oxygen atoms in total. The quantitative estimate of drug-likeness (QED) is 0.0982. The van der Waals surface area contributed by atoms with Gasteiger partial charge in [-0.1, -0.05) is 51.4 Å². The molecule has 6 saturated heterocycles. The second kappa shape index (κ2) is 20.7. The Balaban J connectivity index is 0.692. The summed E-state index contributed by atoms with van der Waals surface area (Å²) in [4.78, 5) is 0. The first-order valence-electron chi connectivity index (χ1n) is 22.2. The normalized spacial score (nSPS) is 36.3. The molecule has 6 aliphatic rings. The van der Waals surface area contributed by atoms with Crippen molar-refractivity contribution in [1.82, 2.24) is 10.6 Å². The van der Waals surface area contributed by atoms with E-state index in [0.717, 1.165) is 25.9 Å². The van der Waals surface area contributed by atoms with Crippen molar-refractivity contribution < 1.29 is 67.1 Å². The summed E-state index contributed by atoms with van der Waals surface area (Å²) in [5.41, 5.74) is 0. The molecule has 6 rings (SSSR count). The van der Waals surface area contributed by atoms with Gasteiger partial charge in [0.05, 0.1) is 38.6 Å². The van der Waals surface area contributed by atoms with Crippen LogP contribution in [0.3, 0.4) is 0 Å². The summed E-state index contributed by atoms with van der Waals surface area (Å²) in [6.07, 6.45) is 7.01. The van der Waals surface area contributed by atoms with E-state index in [-0.39, 0.29) is 75.3 Å². The highest BCUT2D eigenvalue weighted by Gasteiger charge is 2.62. The maximum absolute atomic E-state index is 10.5. The van der Waals surface area contributed by atoms with Crippen LogP contribution in [0, 0.1) is 0 Å². The van der Waals surface area contributed by atoms with Crippen molar-refractivity contribution in [3.63, 3.8) is 0 Å². The van der Waals surface area contributed by atoms with Gasteiger partial charge in [0.1, 0.15) is 48.8 Å². The van der Waals surface area contributed by atoms with Gasteiger partial charge in [0, 0.05) is 13.1 Å². The van der Waals surface area contributed by atoms with Gasteiger partial charge in [-0.25, -0.2) is 0 Å². The van der Waals surface area contributed by atoms with E-state index < -0.39 is 47.9 Å². The Bertz CT molecular complexity index is 1150. The molecule has 0 aromatic rings. The average molecular weight is 833 g/mol. The molecule has 0 bridgehead atoms. The lowest BCUT2D eigenvalue weighted by molar-refractivity contribution is -0.244. The molecule has 4 N–H and O–H groups in total. The molecule has 0 amide bonds. The van der Waals surface area contributed by atoms with Crippen LogP contribution in [0.2, 0.25) is 0 Å². The number of fused-ring (bicyclic) bond motifs is 6. The predicted octanol–water partition coefficient (Wildman–Crippen LogP) is 3.61. The second-order valence-corrected chi connectivity index (χ2v) is 18.7. The van der Waals surface area contributed by atoms with Crippen LogP contribution in [0.5, 0.6) is 0 Å². The number of aliphatic hydroxyl groups is 2. The van der Waals surface area contributed by atoms with Crippen molar-refractivity contribution in [3.05, 3.63) is 0 Å². The summed E-state index contributed by atoms with van der Waals surface area (Å²) in [7, 11) is 0. The largest absolute Gasteiger partial charge is 0.389 e. The zero-order chi connectivity index (χ0) is 41.6. The molecule has 6 aliphatic heterocycles. The Hall–Kier alpha value is -0.640. The molecule has 0 saturated carbocycles. The van der Waals surface area contributed by atoms with Crippen LogP contribution in [0.15, 0.2) is 0 Å². The topological polar surface area (TPSA) is 175 Å². The van der Waals surface area contributed by atoms with Gasteiger partial charge < -0.3 is 77.7 Å². The van der Waals surface area contributed by atoms with Crippen molar-refractivity contribution in [2.75, 3.05) is 52.6 Å². The van der Waals surface area contributed by atoms with E-state index in [4.69, 9.17) is 56.8 Å². The van der Waals surface area contributed by atoms with Gasteiger partial charge in [0.15, 0.2) is 35.7 Å². The van der Waals surface area contributed by atoms with E-state index in [9.17, 15) is 10.2 Å².